The Labute approximate surface area is 130 Å². The van der Waals surface area contributed by atoms with Gasteiger partial charge in [-0.05, 0) is 43.5 Å². The Morgan fingerprint density at radius 1 is 1.09 bits per heavy atom. The van der Waals surface area contributed by atoms with Crippen molar-refractivity contribution in [3.8, 4) is 0 Å². The molecule has 2 aliphatic rings. The lowest BCUT2D eigenvalue weighted by Crippen LogP contribution is -2.29. The molecule has 0 aromatic heterocycles. The van der Waals surface area contributed by atoms with E-state index in [0.717, 1.165) is 18.8 Å². The van der Waals surface area contributed by atoms with Crippen LogP contribution < -0.4 is 9.80 Å². The Morgan fingerprint density at radius 3 is 2.36 bits per heavy atom. The highest BCUT2D eigenvalue weighted by Crippen LogP contribution is 2.28. The van der Waals surface area contributed by atoms with Gasteiger partial charge in [0.2, 0.25) is 5.91 Å². The lowest BCUT2D eigenvalue weighted by molar-refractivity contribution is -0.145. The lowest BCUT2D eigenvalue weighted by atomic mass is 10.1. The number of piperidine rings is 1. The molecule has 1 atom stereocenters. The molecule has 0 bridgehead atoms. The number of rotatable bonds is 3. The van der Waals surface area contributed by atoms with Crippen LogP contribution in [0.5, 0.6) is 0 Å². The molecular weight excluding hydrogens is 280 g/mol. The molecule has 3 rings (SSSR count). The normalized spacial score (nSPS) is 22.0. The van der Waals surface area contributed by atoms with Gasteiger partial charge in [0, 0.05) is 37.4 Å². The summed E-state index contributed by atoms with van der Waals surface area (Å²) in [5.41, 5.74) is 2.07. The standard InChI is InChI=1S/C17H22N2O3/c1-22-17(21)13-11-16(20)19(12-13)15-7-5-14(6-8-15)18-9-3-2-4-10-18/h5-8,13H,2-4,9-12H2,1H3. The molecular formula is C17H22N2O3. The van der Waals surface area contributed by atoms with Gasteiger partial charge in [-0.15, -0.1) is 0 Å². The van der Waals surface area contributed by atoms with Crippen molar-refractivity contribution in [3.05, 3.63) is 24.3 Å². The molecule has 0 spiro atoms. The zero-order valence-electron chi connectivity index (χ0n) is 13.0. The maximum Gasteiger partial charge on any atom is 0.311 e. The number of amides is 1. The zero-order chi connectivity index (χ0) is 15.5. The van der Waals surface area contributed by atoms with Crippen molar-refractivity contribution in [3.63, 3.8) is 0 Å². The van der Waals surface area contributed by atoms with Crippen LogP contribution in [0.2, 0.25) is 0 Å². The van der Waals surface area contributed by atoms with Crippen LogP contribution >= 0.6 is 0 Å². The first-order valence-electron chi connectivity index (χ1n) is 7.92. The number of hydrogen-bond donors (Lipinski definition) is 0. The van der Waals surface area contributed by atoms with E-state index in [1.807, 2.05) is 12.1 Å². The van der Waals surface area contributed by atoms with Gasteiger partial charge in [0.1, 0.15) is 0 Å². The largest absolute Gasteiger partial charge is 0.469 e. The molecule has 2 heterocycles. The average molecular weight is 302 g/mol. The van der Waals surface area contributed by atoms with Crippen molar-refractivity contribution >= 4 is 23.3 Å². The van der Waals surface area contributed by atoms with E-state index in [1.165, 1.54) is 32.1 Å². The number of esters is 1. The molecule has 1 amide bonds. The van der Waals surface area contributed by atoms with Crippen LogP contribution in [-0.4, -0.2) is 38.6 Å². The van der Waals surface area contributed by atoms with Gasteiger partial charge in [0.25, 0.3) is 0 Å². The highest BCUT2D eigenvalue weighted by molar-refractivity contribution is 5.99. The quantitative estimate of drug-likeness (QED) is 0.803. The molecule has 22 heavy (non-hydrogen) atoms. The summed E-state index contributed by atoms with van der Waals surface area (Å²) >= 11 is 0. The molecule has 118 valence electrons. The van der Waals surface area contributed by atoms with Crippen molar-refractivity contribution in [2.24, 2.45) is 5.92 Å². The minimum atomic E-state index is -0.348. The second kappa shape index (κ2) is 6.38. The minimum Gasteiger partial charge on any atom is -0.469 e. The smallest absolute Gasteiger partial charge is 0.311 e. The minimum absolute atomic E-state index is 0.0128. The first kappa shape index (κ1) is 14.9. The Bertz CT molecular complexity index is 550. The molecule has 0 N–H and O–H groups in total. The second-order valence-corrected chi connectivity index (χ2v) is 5.99. The van der Waals surface area contributed by atoms with Crippen molar-refractivity contribution in [1.82, 2.24) is 0 Å². The van der Waals surface area contributed by atoms with Gasteiger partial charge in [0.05, 0.1) is 13.0 Å². The van der Waals surface area contributed by atoms with Crippen LogP contribution in [0.1, 0.15) is 25.7 Å². The van der Waals surface area contributed by atoms with E-state index in [0.29, 0.717) is 6.54 Å². The molecule has 2 aliphatic heterocycles. The fourth-order valence-corrected chi connectivity index (χ4v) is 3.28. The van der Waals surface area contributed by atoms with E-state index in [-0.39, 0.29) is 24.2 Å². The van der Waals surface area contributed by atoms with Crippen LogP contribution in [0.4, 0.5) is 11.4 Å². The third kappa shape index (κ3) is 2.93. The summed E-state index contributed by atoms with van der Waals surface area (Å²) in [6.45, 7) is 2.62. The topological polar surface area (TPSA) is 49.9 Å². The molecule has 0 aliphatic carbocycles. The maximum atomic E-state index is 12.1. The number of carbonyl (C=O) groups excluding carboxylic acids is 2. The number of carbonyl (C=O) groups is 2. The van der Waals surface area contributed by atoms with Crippen molar-refractivity contribution < 1.29 is 14.3 Å². The highest BCUT2D eigenvalue weighted by Gasteiger charge is 2.35. The first-order chi connectivity index (χ1) is 10.7. The summed E-state index contributed by atoms with van der Waals surface area (Å²) < 4.78 is 4.74. The van der Waals surface area contributed by atoms with Crippen LogP contribution in [0.25, 0.3) is 0 Å². The summed E-state index contributed by atoms with van der Waals surface area (Å²) in [6, 6.07) is 8.09. The van der Waals surface area contributed by atoms with Crippen LogP contribution in [0.15, 0.2) is 24.3 Å². The van der Waals surface area contributed by atoms with E-state index >= 15 is 0 Å². The second-order valence-electron chi connectivity index (χ2n) is 5.99. The monoisotopic (exact) mass is 302 g/mol. The number of anilines is 2. The van der Waals surface area contributed by atoms with E-state index < -0.39 is 0 Å². The number of benzene rings is 1. The summed E-state index contributed by atoms with van der Waals surface area (Å²) in [7, 11) is 1.36. The summed E-state index contributed by atoms with van der Waals surface area (Å²) in [5.74, 6) is -0.666. The fraction of sp³-hybridized carbons (Fsp3) is 0.529. The third-order valence-corrected chi connectivity index (χ3v) is 4.54. The van der Waals surface area contributed by atoms with Gasteiger partial charge in [-0.3, -0.25) is 9.59 Å². The Balaban J connectivity index is 1.70. The van der Waals surface area contributed by atoms with Gasteiger partial charge < -0.3 is 14.5 Å². The molecule has 5 heteroatoms. The summed E-state index contributed by atoms with van der Waals surface area (Å²) in [5, 5.41) is 0. The van der Waals surface area contributed by atoms with Crippen LogP contribution in [0, 0.1) is 5.92 Å². The van der Waals surface area contributed by atoms with Crippen molar-refractivity contribution in [1.29, 1.82) is 0 Å². The van der Waals surface area contributed by atoms with E-state index in [4.69, 9.17) is 4.74 Å². The SMILES string of the molecule is COC(=O)C1CC(=O)N(c2ccc(N3CCCCC3)cc2)C1. The summed E-state index contributed by atoms with van der Waals surface area (Å²) in [6.07, 6.45) is 4.03. The van der Waals surface area contributed by atoms with E-state index in [1.54, 1.807) is 4.90 Å². The van der Waals surface area contributed by atoms with Gasteiger partial charge >= 0.3 is 5.97 Å². The zero-order valence-corrected chi connectivity index (χ0v) is 13.0. The third-order valence-electron chi connectivity index (χ3n) is 4.54. The molecule has 5 nitrogen and oxygen atoms in total. The Morgan fingerprint density at radius 2 is 1.73 bits per heavy atom. The van der Waals surface area contributed by atoms with Crippen molar-refractivity contribution in [2.45, 2.75) is 25.7 Å². The fourth-order valence-electron chi connectivity index (χ4n) is 3.28. The molecule has 1 unspecified atom stereocenters. The highest BCUT2D eigenvalue weighted by atomic mass is 16.5. The molecule has 2 saturated heterocycles. The molecule has 2 fully saturated rings. The summed E-state index contributed by atoms with van der Waals surface area (Å²) in [4.78, 5) is 27.8. The lowest BCUT2D eigenvalue weighted by Gasteiger charge is -2.29. The number of nitrogens with zero attached hydrogens (tertiary/aromatic N) is 2. The van der Waals surface area contributed by atoms with Gasteiger partial charge in [-0.25, -0.2) is 0 Å². The van der Waals surface area contributed by atoms with Crippen molar-refractivity contribution in [2.75, 3.05) is 36.5 Å². The molecule has 1 aromatic carbocycles. The average Bonchev–Trinajstić information content (AvgIpc) is 2.97. The molecule has 0 saturated carbocycles. The van der Waals surface area contributed by atoms with Gasteiger partial charge in [-0.1, -0.05) is 0 Å². The molecule has 1 aromatic rings. The maximum absolute atomic E-state index is 12.1. The van der Waals surface area contributed by atoms with Crippen LogP contribution in [-0.2, 0) is 14.3 Å². The van der Waals surface area contributed by atoms with E-state index in [2.05, 4.69) is 17.0 Å². The number of methoxy groups -OCH3 is 1. The van der Waals surface area contributed by atoms with Gasteiger partial charge in [-0.2, -0.15) is 0 Å². The van der Waals surface area contributed by atoms with E-state index in [9.17, 15) is 9.59 Å². The van der Waals surface area contributed by atoms with Crippen LogP contribution in [0.3, 0.4) is 0 Å². The number of hydrogen-bond acceptors (Lipinski definition) is 4. The predicted octanol–water partition coefficient (Wildman–Crippen LogP) is 2.20. The van der Waals surface area contributed by atoms with Gasteiger partial charge in [0.15, 0.2) is 0 Å². The Hall–Kier alpha value is -2.04. The first-order valence-corrected chi connectivity index (χ1v) is 7.92. The number of ether oxygens (including phenoxy) is 1. The Kier molecular flexibility index (Phi) is 4.32. The molecule has 0 radical (unpaired) electrons. The predicted molar refractivity (Wildman–Crippen MR) is 85.0 cm³/mol.